The minimum absolute atomic E-state index is 0.00405. The van der Waals surface area contributed by atoms with Crippen molar-refractivity contribution < 1.29 is 9.47 Å². The minimum atomic E-state index is -0.264. The number of nitrogens with zero attached hydrogens (tertiary/aromatic N) is 3. The number of halogens is 5. The van der Waals surface area contributed by atoms with Gasteiger partial charge >= 0.3 is 0 Å². The summed E-state index contributed by atoms with van der Waals surface area (Å²) in [4.78, 5) is 18.2. The van der Waals surface area contributed by atoms with Crippen LogP contribution in [-0.4, -0.2) is 22.5 Å². The summed E-state index contributed by atoms with van der Waals surface area (Å²) in [6.07, 6.45) is 2.34. The zero-order chi connectivity index (χ0) is 28.3. The van der Waals surface area contributed by atoms with Gasteiger partial charge < -0.3 is 9.47 Å². The van der Waals surface area contributed by atoms with E-state index in [0.717, 1.165) is 16.5 Å². The first kappa shape index (κ1) is 29.9. The van der Waals surface area contributed by atoms with E-state index in [1.807, 2.05) is 32.9 Å². The SMILES string of the molecule is CCOc1cc(C=Nn2c([C@@H](C)CC)nc3ccc(Br)cc3c2=O)c(Br)c(Cl)c1OCc1ccc(Cl)cc1Cl. The van der Waals surface area contributed by atoms with Crippen molar-refractivity contribution in [2.24, 2.45) is 5.10 Å². The first-order chi connectivity index (χ1) is 18.6. The van der Waals surface area contributed by atoms with E-state index in [9.17, 15) is 4.79 Å². The Labute approximate surface area is 258 Å². The quantitative estimate of drug-likeness (QED) is 0.162. The highest BCUT2D eigenvalue weighted by Crippen LogP contribution is 2.43. The molecular formula is C28H24Br2Cl3N3O3. The predicted molar refractivity (Wildman–Crippen MR) is 167 cm³/mol. The van der Waals surface area contributed by atoms with E-state index in [0.29, 0.717) is 59.9 Å². The zero-order valence-corrected chi connectivity index (χ0v) is 26.7. The highest BCUT2D eigenvalue weighted by molar-refractivity contribution is 9.10. The van der Waals surface area contributed by atoms with Crippen LogP contribution < -0.4 is 15.0 Å². The highest BCUT2D eigenvalue weighted by atomic mass is 79.9. The fourth-order valence-electron chi connectivity index (χ4n) is 3.78. The predicted octanol–water partition coefficient (Wildman–Crippen LogP) is 9.26. The summed E-state index contributed by atoms with van der Waals surface area (Å²) in [6.45, 7) is 6.45. The molecule has 204 valence electrons. The van der Waals surface area contributed by atoms with Crippen LogP contribution in [0.4, 0.5) is 0 Å². The maximum absolute atomic E-state index is 13.5. The van der Waals surface area contributed by atoms with Gasteiger partial charge in [-0.3, -0.25) is 4.79 Å². The molecule has 1 heterocycles. The second-order valence-corrected chi connectivity index (χ2v) is 11.6. The molecule has 0 amide bonds. The lowest BCUT2D eigenvalue weighted by Gasteiger charge is -2.17. The van der Waals surface area contributed by atoms with Gasteiger partial charge in [-0.05, 0) is 65.7 Å². The summed E-state index contributed by atoms with van der Waals surface area (Å²) in [5.41, 5.74) is 1.69. The van der Waals surface area contributed by atoms with Crippen LogP contribution >= 0.6 is 66.7 Å². The fraction of sp³-hybridized carbons (Fsp3) is 0.250. The molecule has 0 saturated heterocycles. The second-order valence-electron chi connectivity index (χ2n) is 8.68. The third kappa shape index (κ3) is 6.63. The smallest absolute Gasteiger partial charge is 0.282 e. The maximum Gasteiger partial charge on any atom is 0.282 e. The molecule has 0 unspecified atom stereocenters. The number of benzene rings is 3. The maximum atomic E-state index is 13.5. The summed E-state index contributed by atoms with van der Waals surface area (Å²) in [6, 6.07) is 12.4. The Morgan fingerprint density at radius 3 is 2.54 bits per heavy atom. The molecular weight excluding hydrogens is 692 g/mol. The Kier molecular flexibility index (Phi) is 9.99. The summed E-state index contributed by atoms with van der Waals surface area (Å²) in [5, 5.41) is 6.33. The normalized spacial score (nSPS) is 12.3. The molecule has 4 aromatic rings. The highest BCUT2D eigenvalue weighted by Gasteiger charge is 2.19. The molecule has 0 radical (unpaired) electrons. The van der Waals surface area contributed by atoms with Crippen molar-refractivity contribution in [3.63, 3.8) is 0 Å². The topological polar surface area (TPSA) is 65.7 Å². The molecule has 0 aliphatic heterocycles. The van der Waals surface area contributed by atoms with E-state index in [4.69, 9.17) is 49.3 Å². The molecule has 0 aliphatic carbocycles. The molecule has 39 heavy (non-hydrogen) atoms. The number of rotatable bonds is 9. The number of hydrogen-bond donors (Lipinski definition) is 0. The van der Waals surface area contributed by atoms with Crippen molar-refractivity contribution in [2.45, 2.75) is 39.7 Å². The summed E-state index contributed by atoms with van der Waals surface area (Å²) in [7, 11) is 0. The Balaban J connectivity index is 1.76. The Morgan fingerprint density at radius 2 is 1.85 bits per heavy atom. The molecule has 1 atom stereocenters. The van der Waals surface area contributed by atoms with Crippen molar-refractivity contribution in [2.75, 3.05) is 6.61 Å². The summed E-state index contributed by atoms with van der Waals surface area (Å²) >= 11 is 26.0. The fourth-order valence-corrected chi connectivity index (χ4v) is 5.26. The lowest BCUT2D eigenvalue weighted by Crippen LogP contribution is -2.23. The van der Waals surface area contributed by atoms with Crippen molar-refractivity contribution in [3.8, 4) is 11.5 Å². The number of ether oxygens (including phenoxy) is 2. The molecule has 11 heteroatoms. The number of aromatic nitrogens is 2. The molecule has 0 N–H and O–H groups in total. The van der Waals surface area contributed by atoms with Gasteiger partial charge in [0.05, 0.1) is 23.7 Å². The van der Waals surface area contributed by atoms with Crippen LogP contribution in [0, 0.1) is 0 Å². The van der Waals surface area contributed by atoms with Crippen LogP contribution in [0.25, 0.3) is 10.9 Å². The van der Waals surface area contributed by atoms with Crippen LogP contribution in [-0.2, 0) is 6.61 Å². The molecule has 3 aromatic carbocycles. The van der Waals surface area contributed by atoms with E-state index >= 15 is 0 Å². The summed E-state index contributed by atoms with van der Waals surface area (Å²) in [5.74, 6) is 1.35. The van der Waals surface area contributed by atoms with E-state index in [1.165, 1.54) is 4.68 Å². The van der Waals surface area contributed by atoms with Crippen LogP contribution in [0.2, 0.25) is 15.1 Å². The van der Waals surface area contributed by atoms with Gasteiger partial charge in [-0.25, -0.2) is 4.98 Å². The van der Waals surface area contributed by atoms with Crippen LogP contribution in [0.15, 0.2) is 61.3 Å². The third-order valence-corrected chi connectivity index (χ3v) is 8.57. The van der Waals surface area contributed by atoms with Gasteiger partial charge in [-0.2, -0.15) is 9.78 Å². The van der Waals surface area contributed by atoms with E-state index in [2.05, 4.69) is 37.0 Å². The van der Waals surface area contributed by atoms with Gasteiger partial charge in [0, 0.05) is 36.0 Å². The zero-order valence-electron chi connectivity index (χ0n) is 21.3. The summed E-state index contributed by atoms with van der Waals surface area (Å²) < 4.78 is 14.5. The van der Waals surface area contributed by atoms with Gasteiger partial charge in [0.15, 0.2) is 11.5 Å². The monoisotopic (exact) mass is 713 g/mol. The van der Waals surface area contributed by atoms with E-state index in [-0.39, 0.29) is 18.1 Å². The first-order valence-corrected chi connectivity index (χ1v) is 14.8. The lowest BCUT2D eigenvalue weighted by molar-refractivity contribution is 0.269. The average Bonchev–Trinajstić information content (AvgIpc) is 2.91. The molecule has 4 rings (SSSR count). The van der Waals surface area contributed by atoms with Gasteiger partial charge in [0.25, 0.3) is 5.56 Å². The largest absolute Gasteiger partial charge is 0.490 e. The average molecular weight is 717 g/mol. The molecule has 0 spiro atoms. The first-order valence-electron chi connectivity index (χ1n) is 12.1. The standard InChI is InChI=1S/C28H24Br2Cl3N3O3/c1-4-15(3)27-35-22-9-7-18(29)11-20(22)28(37)36(27)34-13-17-10-23(38-5-2)26(25(33)24(17)30)39-14-16-6-8-19(31)12-21(16)32/h6-13,15H,4-5,14H2,1-3H3/t15-/m0/s1. The van der Waals surface area contributed by atoms with Crippen molar-refractivity contribution in [1.29, 1.82) is 0 Å². The van der Waals surface area contributed by atoms with Crippen molar-refractivity contribution in [3.05, 3.63) is 93.8 Å². The molecule has 0 bridgehead atoms. The van der Waals surface area contributed by atoms with Gasteiger partial charge in [-0.15, -0.1) is 0 Å². The van der Waals surface area contributed by atoms with Gasteiger partial charge in [0.2, 0.25) is 0 Å². The number of fused-ring (bicyclic) bond motifs is 1. The molecule has 0 fully saturated rings. The molecule has 0 saturated carbocycles. The van der Waals surface area contributed by atoms with Gasteiger partial charge in [0.1, 0.15) is 17.5 Å². The lowest BCUT2D eigenvalue weighted by atomic mass is 10.1. The van der Waals surface area contributed by atoms with E-state index in [1.54, 1.807) is 36.5 Å². The van der Waals surface area contributed by atoms with E-state index < -0.39 is 0 Å². The number of hydrogen-bond acceptors (Lipinski definition) is 5. The van der Waals surface area contributed by atoms with Crippen molar-refractivity contribution in [1.82, 2.24) is 9.66 Å². The minimum Gasteiger partial charge on any atom is -0.490 e. The molecule has 6 nitrogen and oxygen atoms in total. The van der Waals surface area contributed by atoms with Crippen LogP contribution in [0.1, 0.15) is 50.1 Å². The second kappa shape index (κ2) is 13.0. The Hall–Kier alpha value is -2.10. The third-order valence-electron chi connectivity index (χ3n) is 6.04. The Morgan fingerprint density at radius 1 is 1.08 bits per heavy atom. The molecule has 0 aliphatic rings. The Bertz CT molecular complexity index is 1630. The van der Waals surface area contributed by atoms with Gasteiger partial charge in [-0.1, -0.05) is 70.6 Å². The molecule has 1 aromatic heterocycles. The van der Waals surface area contributed by atoms with Crippen LogP contribution in [0.5, 0.6) is 11.5 Å². The van der Waals surface area contributed by atoms with Crippen molar-refractivity contribution >= 4 is 83.8 Å². The van der Waals surface area contributed by atoms with Crippen LogP contribution in [0.3, 0.4) is 0 Å².